The second-order valence-electron chi connectivity index (χ2n) is 3.03. The molecule has 0 aliphatic heterocycles. The van der Waals surface area contributed by atoms with Crippen LogP contribution in [0.15, 0.2) is 12.3 Å². The van der Waals surface area contributed by atoms with Gasteiger partial charge < -0.3 is 10.0 Å². The third-order valence-electron chi connectivity index (χ3n) is 1.50. The van der Waals surface area contributed by atoms with Crippen molar-refractivity contribution in [3.05, 3.63) is 18.0 Å². The number of rotatable bonds is 4. The van der Waals surface area contributed by atoms with Crippen LogP contribution in [0.1, 0.15) is 5.69 Å². The maximum atomic E-state index is 8.64. The summed E-state index contributed by atoms with van der Waals surface area (Å²) < 4.78 is 1.75. The van der Waals surface area contributed by atoms with Crippen LogP contribution in [0.5, 0.6) is 0 Å². The second kappa shape index (κ2) is 4.23. The average Bonchev–Trinajstić information content (AvgIpc) is 2.36. The second-order valence-corrected chi connectivity index (χ2v) is 3.03. The van der Waals surface area contributed by atoms with Crippen molar-refractivity contribution in [3.63, 3.8) is 0 Å². The predicted molar refractivity (Wildman–Crippen MR) is 46.7 cm³/mol. The van der Waals surface area contributed by atoms with Crippen LogP contribution < -0.4 is 0 Å². The predicted octanol–water partition coefficient (Wildman–Crippen LogP) is -0.0630. The van der Waals surface area contributed by atoms with Gasteiger partial charge in [0.1, 0.15) is 0 Å². The first-order chi connectivity index (χ1) is 5.72. The van der Waals surface area contributed by atoms with Gasteiger partial charge >= 0.3 is 0 Å². The summed E-state index contributed by atoms with van der Waals surface area (Å²) in [5, 5.41) is 12.9. The Bertz CT molecular complexity index is 232. The van der Waals surface area contributed by atoms with Gasteiger partial charge in [0.05, 0.1) is 18.8 Å². The molecule has 0 fully saturated rings. The Balaban J connectivity index is 2.52. The van der Waals surface area contributed by atoms with Gasteiger partial charge in [-0.25, -0.2) is 0 Å². The van der Waals surface area contributed by atoms with E-state index >= 15 is 0 Å². The van der Waals surface area contributed by atoms with Crippen LogP contribution in [0.25, 0.3) is 0 Å². The molecule has 4 nitrogen and oxygen atoms in total. The van der Waals surface area contributed by atoms with Gasteiger partial charge in [0.2, 0.25) is 0 Å². The molecule has 0 aliphatic rings. The summed E-state index contributed by atoms with van der Waals surface area (Å²) in [6.45, 7) is 1.56. The lowest BCUT2D eigenvalue weighted by Gasteiger charge is -2.05. The summed E-state index contributed by atoms with van der Waals surface area (Å²) >= 11 is 0. The first-order valence-corrected chi connectivity index (χ1v) is 4.00. The highest BCUT2D eigenvalue weighted by Gasteiger charge is 1.98. The fourth-order valence-electron chi connectivity index (χ4n) is 1.04. The highest BCUT2D eigenvalue weighted by atomic mass is 16.3. The van der Waals surface area contributed by atoms with E-state index in [0.29, 0.717) is 6.54 Å². The molecule has 1 N–H and O–H groups in total. The summed E-state index contributed by atoms with van der Waals surface area (Å²) in [4.78, 5) is 2.06. The van der Waals surface area contributed by atoms with Crippen LogP contribution >= 0.6 is 0 Å². The van der Waals surface area contributed by atoms with Crippen molar-refractivity contribution in [1.29, 1.82) is 0 Å². The minimum atomic E-state index is 0.142. The zero-order valence-electron chi connectivity index (χ0n) is 7.56. The van der Waals surface area contributed by atoms with Crippen molar-refractivity contribution in [3.8, 4) is 0 Å². The number of aliphatic hydroxyl groups excluding tert-OH is 1. The number of hydrogen-bond acceptors (Lipinski definition) is 3. The highest BCUT2D eigenvalue weighted by Crippen LogP contribution is 1.97. The van der Waals surface area contributed by atoms with Gasteiger partial charge in [-0.3, -0.25) is 4.68 Å². The molecule has 0 aromatic carbocycles. The fourth-order valence-corrected chi connectivity index (χ4v) is 1.04. The molecule has 1 aromatic rings. The summed E-state index contributed by atoms with van der Waals surface area (Å²) in [7, 11) is 4.01. The van der Waals surface area contributed by atoms with Gasteiger partial charge in [0.25, 0.3) is 0 Å². The van der Waals surface area contributed by atoms with E-state index in [1.165, 1.54) is 0 Å². The quantitative estimate of drug-likeness (QED) is 0.686. The van der Waals surface area contributed by atoms with E-state index < -0.39 is 0 Å². The van der Waals surface area contributed by atoms with Crippen LogP contribution in [-0.2, 0) is 13.1 Å². The van der Waals surface area contributed by atoms with E-state index in [9.17, 15) is 0 Å². The Kier molecular flexibility index (Phi) is 3.25. The van der Waals surface area contributed by atoms with Gasteiger partial charge in [-0.15, -0.1) is 0 Å². The van der Waals surface area contributed by atoms with E-state index in [4.69, 9.17) is 5.11 Å². The van der Waals surface area contributed by atoms with Gasteiger partial charge in [-0.1, -0.05) is 0 Å². The molecule has 0 unspecified atom stereocenters. The minimum absolute atomic E-state index is 0.142. The Morgan fingerprint density at radius 2 is 2.33 bits per heavy atom. The molecule has 12 heavy (non-hydrogen) atoms. The summed E-state index contributed by atoms with van der Waals surface area (Å²) in [5.74, 6) is 0. The Hall–Kier alpha value is -0.870. The number of nitrogens with zero attached hydrogens (tertiary/aromatic N) is 3. The monoisotopic (exact) mass is 169 g/mol. The molecule has 4 heteroatoms. The SMILES string of the molecule is CN(C)Cc1ccn(CCO)n1. The van der Waals surface area contributed by atoms with Gasteiger partial charge in [0, 0.05) is 12.7 Å². The van der Waals surface area contributed by atoms with Crippen LogP contribution in [0, 0.1) is 0 Å². The standard InChI is InChI=1S/C8H15N3O/c1-10(2)7-8-3-4-11(9-8)5-6-12/h3-4,12H,5-7H2,1-2H3. The molecule has 0 aliphatic carbocycles. The van der Waals surface area contributed by atoms with Crippen molar-refractivity contribution in [2.45, 2.75) is 13.1 Å². The Morgan fingerprint density at radius 1 is 1.58 bits per heavy atom. The van der Waals surface area contributed by atoms with Crippen LogP contribution in [0.4, 0.5) is 0 Å². The van der Waals surface area contributed by atoms with Crippen molar-refractivity contribution in [1.82, 2.24) is 14.7 Å². The summed E-state index contributed by atoms with van der Waals surface area (Å²) in [5.41, 5.74) is 1.04. The fraction of sp³-hybridized carbons (Fsp3) is 0.625. The van der Waals surface area contributed by atoms with E-state index in [2.05, 4.69) is 10.00 Å². The largest absolute Gasteiger partial charge is 0.394 e. The Labute approximate surface area is 72.4 Å². The smallest absolute Gasteiger partial charge is 0.0764 e. The molecule has 0 saturated heterocycles. The zero-order valence-corrected chi connectivity index (χ0v) is 7.56. The molecule has 0 bridgehead atoms. The lowest BCUT2D eigenvalue weighted by molar-refractivity contribution is 0.268. The van der Waals surface area contributed by atoms with E-state index in [1.807, 2.05) is 26.4 Å². The van der Waals surface area contributed by atoms with Gasteiger partial charge in [0.15, 0.2) is 0 Å². The molecule has 1 heterocycles. The maximum Gasteiger partial charge on any atom is 0.0764 e. The third kappa shape index (κ3) is 2.64. The molecule has 0 atom stereocenters. The van der Waals surface area contributed by atoms with Gasteiger partial charge in [-0.2, -0.15) is 5.10 Å². The summed E-state index contributed by atoms with van der Waals surface area (Å²) in [6.07, 6.45) is 1.88. The molecule has 0 amide bonds. The zero-order chi connectivity index (χ0) is 8.97. The average molecular weight is 169 g/mol. The van der Waals surface area contributed by atoms with E-state index in [1.54, 1.807) is 4.68 Å². The molecule has 1 rings (SSSR count). The lowest BCUT2D eigenvalue weighted by Crippen LogP contribution is -2.12. The summed E-state index contributed by atoms with van der Waals surface area (Å²) in [6, 6.07) is 1.97. The normalized spacial score (nSPS) is 11.0. The first-order valence-electron chi connectivity index (χ1n) is 4.00. The van der Waals surface area contributed by atoms with Crippen molar-refractivity contribution < 1.29 is 5.11 Å². The number of aliphatic hydroxyl groups is 1. The first kappa shape index (κ1) is 9.22. The lowest BCUT2D eigenvalue weighted by atomic mass is 10.4. The van der Waals surface area contributed by atoms with E-state index in [0.717, 1.165) is 12.2 Å². The molecule has 0 radical (unpaired) electrons. The highest BCUT2D eigenvalue weighted by molar-refractivity contribution is 4.98. The molecule has 0 saturated carbocycles. The molecular formula is C8H15N3O. The topological polar surface area (TPSA) is 41.3 Å². The number of hydrogen-bond donors (Lipinski definition) is 1. The van der Waals surface area contributed by atoms with Crippen molar-refractivity contribution >= 4 is 0 Å². The third-order valence-corrected chi connectivity index (χ3v) is 1.50. The van der Waals surface area contributed by atoms with Crippen LogP contribution in [-0.4, -0.2) is 40.5 Å². The Morgan fingerprint density at radius 3 is 2.92 bits per heavy atom. The maximum absolute atomic E-state index is 8.64. The molecule has 68 valence electrons. The van der Waals surface area contributed by atoms with E-state index in [-0.39, 0.29) is 6.61 Å². The van der Waals surface area contributed by atoms with Crippen molar-refractivity contribution in [2.75, 3.05) is 20.7 Å². The molecule has 1 aromatic heterocycles. The molecular weight excluding hydrogens is 154 g/mol. The van der Waals surface area contributed by atoms with Crippen molar-refractivity contribution in [2.24, 2.45) is 0 Å². The number of aromatic nitrogens is 2. The molecule has 0 spiro atoms. The minimum Gasteiger partial charge on any atom is -0.394 e. The van der Waals surface area contributed by atoms with Crippen LogP contribution in [0.3, 0.4) is 0 Å². The van der Waals surface area contributed by atoms with Gasteiger partial charge in [-0.05, 0) is 20.2 Å². The van der Waals surface area contributed by atoms with Crippen LogP contribution in [0.2, 0.25) is 0 Å².